The van der Waals surface area contributed by atoms with Crippen LogP contribution >= 0.6 is 0 Å². The maximum absolute atomic E-state index is 13.6. The highest BCUT2D eigenvalue weighted by Gasteiger charge is 2.60. The van der Waals surface area contributed by atoms with Crippen molar-refractivity contribution >= 4 is 22.1 Å². The Morgan fingerprint density at radius 1 is 1.03 bits per heavy atom. The van der Waals surface area contributed by atoms with Crippen LogP contribution in [0.4, 0.5) is 8.78 Å². The number of alkyl halides is 2. The van der Waals surface area contributed by atoms with Crippen LogP contribution in [0.3, 0.4) is 0 Å². The minimum Gasteiger partial charge on any atom is -0.462 e. The van der Waals surface area contributed by atoms with Gasteiger partial charge in [0.1, 0.15) is 0 Å². The lowest BCUT2D eigenvalue weighted by Crippen LogP contribution is -2.55. The van der Waals surface area contributed by atoms with Crippen molar-refractivity contribution in [3.8, 4) is 0 Å². The van der Waals surface area contributed by atoms with Gasteiger partial charge in [-0.2, -0.15) is 17.2 Å². The fourth-order valence-corrected chi connectivity index (χ4v) is 6.66. The monoisotopic (exact) mass is 472 g/mol. The van der Waals surface area contributed by atoms with E-state index in [0.717, 1.165) is 24.8 Å². The summed E-state index contributed by atoms with van der Waals surface area (Å²) < 4.78 is 67.8. The average molecular weight is 473 g/mol. The Morgan fingerprint density at radius 2 is 1.53 bits per heavy atom. The number of hydrogen-bond acceptors (Lipinski definition) is 6. The molecule has 7 nitrogen and oxygen atoms in total. The number of benzene rings is 1. The fourth-order valence-electron chi connectivity index (χ4n) is 6.39. The van der Waals surface area contributed by atoms with Crippen LogP contribution in [0.25, 0.3) is 0 Å². The van der Waals surface area contributed by atoms with Gasteiger partial charge in [0, 0.05) is 10.8 Å². The van der Waals surface area contributed by atoms with Gasteiger partial charge in [0.25, 0.3) is 0 Å². The summed E-state index contributed by atoms with van der Waals surface area (Å²) >= 11 is 0. The smallest absolute Gasteiger partial charge is 0.462 e. The Kier molecular flexibility index (Phi) is 5.60. The van der Waals surface area contributed by atoms with Crippen molar-refractivity contribution < 1.29 is 40.8 Å². The van der Waals surface area contributed by atoms with Gasteiger partial charge in [-0.3, -0.25) is 4.55 Å². The minimum absolute atomic E-state index is 0.198. The molecule has 4 fully saturated rings. The summed E-state index contributed by atoms with van der Waals surface area (Å²) in [4.78, 5) is 24.2. The zero-order chi connectivity index (χ0) is 23.4. The molecule has 0 radical (unpaired) electrons. The molecule has 4 bridgehead atoms. The molecular weight excluding hydrogens is 446 g/mol. The number of carbonyl (C=O) groups is 2. The normalized spacial score (nSPS) is 31.4. The van der Waals surface area contributed by atoms with Crippen molar-refractivity contribution in [3.05, 3.63) is 35.4 Å². The first-order valence-electron chi connectivity index (χ1n) is 10.6. The van der Waals surface area contributed by atoms with Crippen molar-refractivity contribution in [3.63, 3.8) is 0 Å². The van der Waals surface area contributed by atoms with E-state index in [-0.39, 0.29) is 18.6 Å². The van der Waals surface area contributed by atoms with Gasteiger partial charge in [-0.15, -0.1) is 0 Å². The van der Waals surface area contributed by atoms with Gasteiger partial charge in [0.2, 0.25) is 0 Å². The Labute approximate surface area is 185 Å². The number of aryl methyl sites for hydroxylation is 1. The lowest BCUT2D eigenvalue weighted by molar-refractivity contribution is -0.181. The van der Waals surface area contributed by atoms with Crippen LogP contribution in [-0.4, -0.2) is 43.4 Å². The molecule has 1 N–H and O–H groups in total. The van der Waals surface area contributed by atoms with Crippen LogP contribution in [0.5, 0.6) is 0 Å². The van der Waals surface area contributed by atoms with E-state index in [1.807, 2.05) is 19.1 Å². The summed E-state index contributed by atoms with van der Waals surface area (Å²) in [5.74, 6) is -2.09. The number of halogens is 2. The standard InChI is InChI=1S/C22H26F2O7S/c1-14-2-4-17(5-3-14)18(25)30-12-20-7-15-6-16(8-20)10-21(9-15,11-20)13-31-19(26)22(23,24)32(27,28)29/h2-5,15-16H,6-13H2,1H3,(H,27,28,29). The predicted molar refractivity (Wildman–Crippen MR) is 108 cm³/mol. The second-order valence-corrected chi connectivity index (χ2v) is 11.4. The van der Waals surface area contributed by atoms with Gasteiger partial charge in [0.05, 0.1) is 18.8 Å². The molecule has 32 heavy (non-hydrogen) atoms. The van der Waals surface area contributed by atoms with E-state index in [0.29, 0.717) is 36.7 Å². The number of esters is 2. The third kappa shape index (κ3) is 4.26. The largest absolute Gasteiger partial charge is 0.465 e. The summed E-state index contributed by atoms with van der Waals surface area (Å²) in [5.41, 5.74) is 0.600. The average Bonchev–Trinajstić information content (AvgIpc) is 2.69. The summed E-state index contributed by atoms with van der Waals surface area (Å²) in [6.07, 6.45) is 4.59. The van der Waals surface area contributed by atoms with Crippen molar-refractivity contribution in [2.45, 2.75) is 50.7 Å². The lowest BCUT2D eigenvalue weighted by atomic mass is 9.44. The fraction of sp³-hybridized carbons (Fsp3) is 0.636. The zero-order valence-corrected chi connectivity index (χ0v) is 18.5. The summed E-state index contributed by atoms with van der Waals surface area (Å²) in [5, 5.41) is -5.00. The van der Waals surface area contributed by atoms with E-state index in [1.165, 1.54) is 0 Å². The molecule has 5 rings (SSSR count). The molecular formula is C22H26F2O7S. The van der Waals surface area contributed by atoms with Crippen LogP contribution in [0.2, 0.25) is 0 Å². The molecule has 0 amide bonds. The van der Waals surface area contributed by atoms with E-state index < -0.39 is 32.7 Å². The van der Waals surface area contributed by atoms with E-state index in [9.17, 15) is 26.8 Å². The van der Waals surface area contributed by atoms with Gasteiger partial charge in [-0.25, -0.2) is 9.59 Å². The summed E-state index contributed by atoms with van der Waals surface area (Å²) in [6.45, 7) is 1.77. The zero-order valence-electron chi connectivity index (χ0n) is 17.7. The molecule has 1 aromatic carbocycles. The predicted octanol–water partition coefficient (Wildman–Crippen LogP) is 3.76. The van der Waals surface area contributed by atoms with Crippen molar-refractivity contribution in [1.82, 2.24) is 0 Å². The first kappa shape index (κ1) is 23.1. The Balaban J connectivity index is 1.44. The van der Waals surface area contributed by atoms with E-state index >= 15 is 0 Å². The van der Waals surface area contributed by atoms with Crippen LogP contribution in [0.15, 0.2) is 24.3 Å². The van der Waals surface area contributed by atoms with Crippen LogP contribution in [-0.2, 0) is 24.4 Å². The maximum Gasteiger partial charge on any atom is 0.465 e. The molecule has 0 spiro atoms. The third-order valence-corrected chi connectivity index (χ3v) is 7.99. The molecule has 4 saturated carbocycles. The van der Waals surface area contributed by atoms with E-state index in [2.05, 4.69) is 0 Å². The third-order valence-electron chi connectivity index (χ3n) is 7.17. The molecule has 4 aliphatic carbocycles. The van der Waals surface area contributed by atoms with Crippen LogP contribution in [0.1, 0.15) is 54.4 Å². The Bertz CT molecular complexity index is 1010. The van der Waals surface area contributed by atoms with Crippen molar-refractivity contribution in [1.29, 1.82) is 0 Å². The van der Waals surface area contributed by atoms with Gasteiger partial charge in [0.15, 0.2) is 0 Å². The number of ether oxygens (including phenoxy) is 2. The molecule has 4 aliphatic rings. The quantitative estimate of drug-likeness (QED) is 0.476. The van der Waals surface area contributed by atoms with Crippen molar-refractivity contribution in [2.24, 2.45) is 22.7 Å². The summed E-state index contributed by atoms with van der Waals surface area (Å²) in [7, 11) is -5.90. The number of hydrogen-bond donors (Lipinski definition) is 1. The number of rotatable bonds is 7. The molecule has 2 unspecified atom stereocenters. The highest BCUT2D eigenvalue weighted by molar-refractivity contribution is 7.87. The van der Waals surface area contributed by atoms with Crippen LogP contribution < -0.4 is 0 Å². The molecule has 1 aromatic rings. The highest BCUT2D eigenvalue weighted by atomic mass is 32.2. The van der Waals surface area contributed by atoms with Gasteiger partial charge in [-0.1, -0.05) is 17.7 Å². The molecule has 10 heteroatoms. The number of carbonyl (C=O) groups excluding carboxylic acids is 2. The van der Waals surface area contributed by atoms with Crippen LogP contribution in [0, 0.1) is 29.6 Å². The topological polar surface area (TPSA) is 107 Å². The lowest BCUT2D eigenvalue weighted by Gasteiger charge is -2.61. The van der Waals surface area contributed by atoms with Gasteiger partial charge >= 0.3 is 27.3 Å². The molecule has 0 saturated heterocycles. The van der Waals surface area contributed by atoms with Gasteiger partial charge < -0.3 is 9.47 Å². The van der Waals surface area contributed by atoms with Crippen molar-refractivity contribution in [2.75, 3.05) is 13.2 Å². The first-order valence-corrected chi connectivity index (χ1v) is 12.0. The summed E-state index contributed by atoms with van der Waals surface area (Å²) in [6, 6.07) is 7.06. The second kappa shape index (κ2) is 7.76. The molecule has 176 valence electrons. The SMILES string of the molecule is Cc1ccc(C(=O)OCC23CC4CC(C2)CC(COC(=O)C(F)(F)S(=O)(=O)O)(C4)C3)cc1. The molecule has 0 heterocycles. The first-order chi connectivity index (χ1) is 14.8. The molecule has 0 aliphatic heterocycles. The molecule has 2 atom stereocenters. The maximum atomic E-state index is 13.6. The van der Waals surface area contributed by atoms with Gasteiger partial charge in [-0.05, 0) is 69.4 Å². The van der Waals surface area contributed by atoms with E-state index in [4.69, 9.17) is 14.0 Å². The van der Waals surface area contributed by atoms with E-state index in [1.54, 1.807) is 12.1 Å². The Morgan fingerprint density at radius 3 is 2.03 bits per heavy atom. The Hall–Kier alpha value is -2.07. The molecule has 0 aromatic heterocycles. The highest BCUT2D eigenvalue weighted by Crippen LogP contribution is 2.65. The second-order valence-electron chi connectivity index (χ2n) is 9.97. The minimum atomic E-state index is -5.90.